The van der Waals surface area contributed by atoms with E-state index in [1.54, 1.807) is 11.9 Å². The molecule has 0 spiro atoms. The molecule has 2 atom stereocenters. The molecule has 0 N–H and O–H groups in total. The van der Waals surface area contributed by atoms with Crippen molar-refractivity contribution in [2.45, 2.75) is 19.4 Å². The SMILES string of the molecule is CN(Cc1ccccc1)C(=O)CN1C(=O)[C@@H]2CC=CC[C@H]2C1=O. The Morgan fingerprint density at radius 1 is 1.09 bits per heavy atom. The van der Waals surface area contributed by atoms with Gasteiger partial charge < -0.3 is 4.90 Å². The van der Waals surface area contributed by atoms with Gasteiger partial charge in [0.05, 0.1) is 11.8 Å². The average Bonchev–Trinajstić information content (AvgIpc) is 2.81. The Labute approximate surface area is 135 Å². The highest BCUT2D eigenvalue weighted by Gasteiger charge is 2.47. The molecular formula is C18H20N2O3. The number of rotatable bonds is 4. The molecular weight excluding hydrogens is 292 g/mol. The molecule has 0 aromatic heterocycles. The van der Waals surface area contributed by atoms with Gasteiger partial charge in [0.1, 0.15) is 6.54 Å². The Hall–Kier alpha value is -2.43. The van der Waals surface area contributed by atoms with Crippen LogP contribution in [0.1, 0.15) is 18.4 Å². The first kappa shape index (κ1) is 15.5. The van der Waals surface area contributed by atoms with Crippen LogP contribution in [0, 0.1) is 11.8 Å². The van der Waals surface area contributed by atoms with E-state index in [9.17, 15) is 14.4 Å². The van der Waals surface area contributed by atoms with E-state index in [-0.39, 0.29) is 36.1 Å². The molecule has 0 bridgehead atoms. The number of imide groups is 1. The van der Waals surface area contributed by atoms with Crippen LogP contribution >= 0.6 is 0 Å². The highest BCUT2D eigenvalue weighted by molar-refractivity contribution is 6.07. The van der Waals surface area contributed by atoms with Crippen molar-refractivity contribution in [1.29, 1.82) is 0 Å². The summed E-state index contributed by atoms with van der Waals surface area (Å²) in [5.74, 6) is -1.18. The highest BCUT2D eigenvalue weighted by Crippen LogP contribution is 2.34. The second kappa shape index (κ2) is 6.36. The summed E-state index contributed by atoms with van der Waals surface area (Å²) in [5, 5.41) is 0. The molecule has 0 unspecified atom stereocenters. The minimum absolute atomic E-state index is 0.159. The number of hydrogen-bond acceptors (Lipinski definition) is 3. The number of carbonyl (C=O) groups is 3. The fraction of sp³-hybridized carbons (Fsp3) is 0.389. The van der Waals surface area contributed by atoms with Crippen LogP contribution in [0.25, 0.3) is 0 Å². The molecule has 0 saturated carbocycles. The lowest BCUT2D eigenvalue weighted by Gasteiger charge is -2.21. The first-order valence-electron chi connectivity index (χ1n) is 7.86. The Kier molecular flexibility index (Phi) is 4.28. The van der Waals surface area contributed by atoms with Crippen LogP contribution in [-0.2, 0) is 20.9 Å². The van der Waals surface area contributed by atoms with E-state index in [0.29, 0.717) is 19.4 Å². The number of amides is 3. The van der Waals surface area contributed by atoms with Gasteiger partial charge in [0.2, 0.25) is 17.7 Å². The summed E-state index contributed by atoms with van der Waals surface area (Å²) >= 11 is 0. The molecule has 0 radical (unpaired) electrons. The van der Waals surface area contributed by atoms with Crippen molar-refractivity contribution in [2.75, 3.05) is 13.6 Å². The van der Waals surface area contributed by atoms with Crippen molar-refractivity contribution >= 4 is 17.7 Å². The number of likely N-dealkylation sites (tertiary alicyclic amines) is 1. The Morgan fingerprint density at radius 3 is 2.22 bits per heavy atom. The molecule has 1 heterocycles. The predicted octanol–water partition coefficient (Wildman–Crippen LogP) is 1.60. The van der Waals surface area contributed by atoms with Gasteiger partial charge in [-0.1, -0.05) is 42.5 Å². The number of nitrogens with zero attached hydrogens (tertiary/aromatic N) is 2. The third kappa shape index (κ3) is 3.04. The third-order valence-corrected chi connectivity index (χ3v) is 4.58. The zero-order chi connectivity index (χ0) is 16.4. The Balaban J connectivity index is 1.63. The number of benzene rings is 1. The third-order valence-electron chi connectivity index (χ3n) is 4.58. The van der Waals surface area contributed by atoms with Gasteiger partial charge in [-0.05, 0) is 18.4 Å². The summed E-state index contributed by atoms with van der Waals surface area (Å²) in [6, 6.07) is 9.63. The maximum atomic E-state index is 12.4. The fourth-order valence-electron chi connectivity index (χ4n) is 3.23. The van der Waals surface area contributed by atoms with Gasteiger partial charge in [-0.3, -0.25) is 19.3 Å². The van der Waals surface area contributed by atoms with Crippen LogP contribution in [0.15, 0.2) is 42.5 Å². The molecule has 1 aromatic carbocycles. The van der Waals surface area contributed by atoms with E-state index in [1.807, 2.05) is 42.5 Å². The molecule has 1 aromatic rings. The first-order valence-corrected chi connectivity index (χ1v) is 7.86. The monoisotopic (exact) mass is 312 g/mol. The summed E-state index contributed by atoms with van der Waals surface area (Å²) < 4.78 is 0. The number of likely N-dealkylation sites (N-methyl/N-ethyl adjacent to an activating group) is 1. The number of fused-ring (bicyclic) bond motifs is 1. The van der Waals surface area contributed by atoms with E-state index in [2.05, 4.69) is 0 Å². The molecule has 2 aliphatic rings. The van der Waals surface area contributed by atoms with Crippen LogP contribution in [0.4, 0.5) is 0 Å². The minimum Gasteiger partial charge on any atom is -0.340 e. The zero-order valence-electron chi connectivity index (χ0n) is 13.1. The second-order valence-corrected chi connectivity index (χ2v) is 6.15. The van der Waals surface area contributed by atoms with Gasteiger partial charge in [-0.2, -0.15) is 0 Å². The molecule has 1 aliphatic heterocycles. The maximum absolute atomic E-state index is 12.4. The summed E-state index contributed by atoms with van der Waals surface area (Å²) in [7, 11) is 1.69. The van der Waals surface area contributed by atoms with Gasteiger partial charge >= 0.3 is 0 Å². The van der Waals surface area contributed by atoms with Crippen LogP contribution in [0.3, 0.4) is 0 Å². The van der Waals surface area contributed by atoms with Crippen molar-refractivity contribution in [2.24, 2.45) is 11.8 Å². The van der Waals surface area contributed by atoms with E-state index in [1.165, 1.54) is 0 Å². The van der Waals surface area contributed by atoms with Crippen molar-refractivity contribution in [3.63, 3.8) is 0 Å². The van der Waals surface area contributed by atoms with Gasteiger partial charge in [0, 0.05) is 13.6 Å². The van der Waals surface area contributed by atoms with Crippen molar-refractivity contribution < 1.29 is 14.4 Å². The predicted molar refractivity (Wildman–Crippen MR) is 85.0 cm³/mol. The molecule has 3 rings (SSSR count). The molecule has 5 heteroatoms. The zero-order valence-corrected chi connectivity index (χ0v) is 13.1. The smallest absolute Gasteiger partial charge is 0.242 e. The lowest BCUT2D eigenvalue weighted by Crippen LogP contribution is -2.41. The molecule has 1 saturated heterocycles. The normalized spacial score (nSPS) is 23.1. The van der Waals surface area contributed by atoms with Gasteiger partial charge in [-0.15, -0.1) is 0 Å². The average molecular weight is 312 g/mol. The number of hydrogen-bond donors (Lipinski definition) is 0. The van der Waals surface area contributed by atoms with Gasteiger partial charge in [-0.25, -0.2) is 0 Å². The van der Waals surface area contributed by atoms with Gasteiger partial charge in [0.15, 0.2) is 0 Å². The molecule has 120 valence electrons. The van der Waals surface area contributed by atoms with E-state index >= 15 is 0 Å². The van der Waals surface area contributed by atoms with Crippen LogP contribution in [-0.4, -0.2) is 41.1 Å². The summed E-state index contributed by atoms with van der Waals surface area (Å²) in [4.78, 5) is 39.8. The minimum atomic E-state index is -0.278. The first-order chi connectivity index (χ1) is 11.1. The number of allylic oxidation sites excluding steroid dienone is 2. The second-order valence-electron chi connectivity index (χ2n) is 6.15. The van der Waals surface area contributed by atoms with Crippen molar-refractivity contribution in [3.05, 3.63) is 48.0 Å². The topological polar surface area (TPSA) is 57.7 Å². The lowest BCUT2D eigenvalue weighted by atomic mass is 9.85. The van der Waals surface area contributed by atoms with Crippen molar-refractivity contribution in [1.82, 2.24) is 9.80 Å². The quantitative estimate of drug-likeness (QED) is 0.627. The van der Waals surface area contributed by atoms with Gasteiger partial charge in [0.25, 0.3) is 0 Å². The summed E-state index contributed by atoms with van der Waals surface area (Å²) in [5.41, 5.74) is 1.01. The fourth-order valence-corrected chi connectivity index (χ4v) is 3.23. The molecule has 1 aliphatic carbocycles. The highest BCUT2D eigenvalue weighted by atomic mass is 16.2. The van der Waals surface area contributed by atoms with Crippen LogP contribution < -0.4 is 0 Å². The molecule has 5 nitrogen and oxygen atoms in total. The Morgan fingerprint density at radius 2 is 1.65 bits per heavy atom. The molecule has 23 heavy (non-hydrogen) atoms. The standard InChI is InChI=1S/C18H20N2O3/c1-19(11-13-7-3-2-4-8-13)16(21)12-20-17(22)14-9-5-6-10-15(14)18(20)23/h2-8,14-15H,9-12H2,1H3/t14-,15-/m1/s1. The maximum Gasteiger partial charge on any atom is 0.242 e. The van der Waals surface area contributed by atoms with E-state index in [0.717, 1.165) is 10.5 Å². The Bertz CT molecular complexity index is 627. The van der Waals surface area contributed by atoms with E-state index < -0.39 is 0 Å². The lowest BCUT2D eigenvalue weighted by molar-refractivity contribution is -0.146. The largest absolute Gasteiger partial charge is 0.340 e. The van der Waals surface area contributed by atoms with E-state index in [4.69, 9.17) is 0 Å². The van der Waals surface area contributed by atoms with Crippen LogP contribution in [0.5, 0.6) is 0 Å². The van der Waals surface area contributed by atoms with Crippen molar-refractivity contribution in [3.8, 4) is 0 Å². The molecule has 3 amide bonds. The molecule has 1 fully saturated rings. The van der Waals surface area contributed by atoms with Crippen LogP contribution in [0.2, 0.25) is 0 Å². The number of carbonyl (C=O) groups excluding carboxylic acids is 3. The summed E-state index contributed by atoms with van der Waals surface area (Å²) in [6.07, 6.45) is 5.08. The summed E-state index contributed by atoms with van der Waals surface area (Å²) in [6.45, 7) is 0.304.